The van der Waals surface area contributed by atoms with E-state index in [1.54, 1.807) is 49.2 Å². The molecule has 2 amide bonds. The van der Waals surface area contributed by atoms with Gasteiger partial charge in [-0.05, 0) is 149 Å². The summed E-state index contributed by atoms with van der Waals surface area (Å²) in [7, 11) is 1.62. The molecule has 0 aliphatic rings. The number of benzene rings is 6. The number of hydrogen-bond donors (Lipinski definition) is 1. The minimum absolute atomic E-state index is 0.0543. The summed E-state index contributed by atoms with van der Waals surface area (Å²) in [5.74, 6) is 0.640. The van der Waals surface area contributed by atoms with Gasteiger partial charge in [-0.25, -0.2) is 8.78 Å². The van der Waals surface area contributed by atoms with E-state index in [4.69, 9.17) is 11.6 Å². The minimum Gasteiger partial charge on any atom is -0.331 e. The molecule has 0 radical (unpaired) electrons. The molecule has 1 N–H and O–H groups in total. The Morgan fingerprint density at radius 3 is 1.49 bits per heavy atom. The number of carbonyl (C=O) groups is 4. The summed E-state index contributed by atoms with van der Waals surface area (Å²) in [6.45, 7) is 2.05. The topological polar surface area (TPSA) is 109 Å². The highest BCUT2D eigenvalue weighted by atomic mass is 35.5. The smallest absolute Gasteiger partial charge is 0.254 e. The molecular formula is C60H55ClF2N4O4S2. The van der Waals surface area contributed by atoms with Crippen molar-refractivity contribution in [2.75, 3.05) is 12.4 Å². The molecule has 8 rings (SSSR count). The van der Waals surface area contributed by atoms with Crippen LogP contribution in [0.5, 0.6) is 0 Å². The van der Waals surface area contributed by atoms with Crippen LogP contribution < -0.4 is 5.32 Å². The van der Waals surface area contributed by atoms with E-state index < -0.39 is 17.1 Å². The van der Waals surface area contributed by atoms with E-state index in [-0.39, 0.29) is 35.8 Å². The molecule has 8 aromatic rings. The monoisotopic (exact) mass is 1030 g/mol. The van der Waals surface area contributed by atoms with Gasteiger partial charge in [0.05, 0.1) is 6.04 Å². The molecule has 13 heteroatoms. The van der Waals surface area contributed by atoms with Crippen molar-refractivity contribution in [1.82, 2.24) is 14.9 Å². The largest absolute Gasteiger partial charge is 0.331 e. The molecule has 372 valence electrons. The van der Waals surface area contributed by atoms with E-state index in [2.05, 4.69) is 63.8 Å². The third-order valence-electron chi connectivity index (χ3n) is 11.5. The van der Waals surface area contributed by atoms with Gasteiger partial charge in [0.15, 0.2) is 5.78 Å². The van der Waals surface area contributed by atoms with E-state index in [1.165, 1.54) is 69.5 Å². The fraction of sp³-hybridized carbons (Fsp3) is 0.167. The Morgan fingerprint density at radius 2 is 1.03 bits per heavy atom. The van der Waals surface area contributed by atoms with Gasteiger partial charge in [0.1, 0.15) is 11.6 Å². The van der Waals surface area contributed by atoms with Crippen LogP contribution in [-0.2, 0) is 40.4 Å². The number of hydrogen-bond acceptors (Lipinski definition) is 8. The lowest BCUT2D eigenvalue weighted by molar-refractivity contribution is -0.122. The zero-order valence-corrected chi connectivity index (χ0v) is 42.8. The van der Waals surface area contributed by atoms with Crippen molar-refractivity contribution in [3.63, 3.8) is 0 Å². The highest BCUT2D eigenvalue weighted by molar-refractivity contribution is 7.98. The molecule has 8 nitrogen and oxygen atoms in total. The van der Waals surface area contributed by atoms with Crippen LogP contribution in [0, 0.1) is 17.6 Å². The molecule has 0 bridgehead atoms. The molecule has 0 unspecified atom stereocenters. The first-order valence-corrected chi connectivity index (χ1v) is 25.9. The van der Waals surface area contributed by atoms with E-state index in [0.29, 0.717) is 24.0 Å². The number of rotatable bonds is 19. The first-order valence-electron chi connectivity index (χ1n) is 23.6. The first-order chi connectivity index (χ1) is 35.4. The van der Waals surface area contributed by atoms with Crippen LogP contribution in [0.1, 0.15) is 61.9 Å². The fourth-order valence-corrected chi connectivity index (χ4v) is 9.17. The van der Waals surface area contributed by atoms with Gasteiger partial charge >= 0.3 is 0 Å². The third-order valence-corrected chi connectivity index (χ3v) is 13.8. The van der Waals surface area contributed by atoms with Crippen LogP contribution in [0.15, 0.2) is 217 Å². The van der Waals surface area contributed by atoms with Gasteiger partial charge < -0.3 is 10.2 Å². The summed E-state index contributed by atoms with van der Waals surface area (Å²) in [4.78, 5) is 61.6. The minimum atomic E-state index is -0.682. The number of nitrogens with zero attached hydrogens (tertiary/aromatic N) is 3. The first kappa shape index (κ1) is 55.1. The van der Waals surface area contributed by atoms with Gasteiger partial charge in [-0.3, -0.25) is 29.1 Å². The summed E-state index contributed by atoms with van der Waals surface area (Å²) in [5.41, 5.74) is 6.90. The van der Waals surface area contributed by atoms with Gasteiger partial charge in [-0.2, -0.15) is 0 Å². The molecule has 2 atom stereocenters. The summed E-state index contributed by atoms with van der Waals surface area (Å²) in [6, 6.07) is 54.1. The molecule has 0 fully saturated rings. The Kier molecular flexibility index (Phi) is 22.1. The molecule has 2 aromatic heterocycles. The standard InChI is InChI=1S/C30H27FN2O2S.C23H24N2OS.C7H4ClFO/c1-33(30(35)25-11-13-26(31)14-12-25)28(18-24-8-5-17-32-20-24)29(34)19-22-9-15-27(16-10-22)36-21-23-6-3-2-4-7-23;1-2-20(15-19-9-6-14-24-16-19)23(26)25-21-10-12-22(13-11-21)27-17-18-7-4-3-5-8-18;8-7(10)5-1-3-6(9)4-2-5/h2-17,20,28H,18-19,21H2,1H3;3-14,16,20H,2,15,17H2,1H3,(H,25,26);1-4H/t28-;20-;/m00./s1. The molecule has 0 saturated heterocycles. The number of Topliss-reactive ketones (excluding diaryl/α,β-unsaturated/α-hetero) is 1. The number of likely N-dealkylation sites (N-methyl/N-ethyl adjacent to an activating group) is 1. The average Bonchev–Trinajstić information content (AvgIpc) is 3.42. The van der Waals surface area contributed by atoms with Crippen LogP contribution in [0.4, 0.5) is 14.5 Å². The maximum absolute atomic E-state index is 13.5. The number of ketones is 1. The zero-order chi connectivity index (χ0) is 51.8. The number of pyridine rings is 2. The molecule has 6 aromatic carbocycles. The summed E-state index contributed by atoms with van der Waals surface area (Å²) in [6.07, 6.45) is 9.01. The highest BCUT2D eigenvalue weighted by Gasteiger charge is 2.28. The van der Waals surface area contributed by atoms with Crippen LogP contribution >= 0.6 is 35.1 Å². The Labute approximate surface area is 439 Å². The second-order valence-electron chi connectivity index (χ2n) is 16.8. The lowest BCUT2D eigenvalue weighted by Crippen LogP contribution is -2.44. The Bertz CT molecular complexity index is 2940. The molecule has 0 saturated carbocycles. The van der Waals surface area contributed by atoms with Crippen molar-refractivity contribution in [3.05, 3.63) is 257 Å². The normalized spacial score (nSPS) is 11.4. The summed E-state index contributed by atoms with van der Waals surface area (Å²) >= 11 is 8.63. The third kappa shape index (κ3) is 18.7. The summed E-state index contributed by atoms with van der Waals surface area (Å²) < 4.78 is 25.5. The summed E-state index contributed by atoms with van der Waals surface area (Å²) in [5, 5.41) is 2.48. The van der Waals surface area contributed by atoms with Gasteiger partial charge in [0.2, 0.25) is 5.91 Å². The van der Waals surface area contributed by atoms with E-state index >= 15 is 0 Å². The molecule has 73 heavy (non-hydrogen) atoms. The lowest BCUT2D eigenvalue weighted by atomic mass is 9.97. The number of halogens is 3. The number of nitrogens with one attached hydrogen (secondary N) is 1. The Morgan fingerprint density at radius 1 is 0.562 bits per heavy atom. The molecule has 2 heterocycles. The van der Waals surface area contributed by atoms with Crippen molar-refractivity contribution >= 4 is 63.7 Å². The Hall–Kier alpha value is -7.25. The number of carbonyl (C=O) groups excluding carboxylic acids is 4. The van der Waals surface area contributed by atoms with Crippen molar-refractivity contribution in [2.45, 2.75) is 59.9 Å². The fourth-order valence-electron chi connectivity index (χ4n) is 7.34. The molecule has 0 spiro atoms. The number of amides is 2. The SMILES string of the molecule is CC[C@@H](Cc1cccnc1)C(=O)Nc1ccc(SCc2ccccc2)cc1.CN(C(=O)c1ccc(F)cc1)[C@@H](Cc1cccnc1)C(=O)Cc1ccc(SCc2ccccc2)cc1.O=C(Cl)c1ccc(F)cc1. The predicted octanol–water partition coefficient (Wildman–Crippen LogP) is 13.8. The number of thioether (sulfide) groups is 2. The van der Waals surface area contributed by atoms with Crippen LogP contribution in [0.2, 0.25) is 0 Å². The molecular weight excluding hydrogens is 978 g/mol. The van der Waals surface area contributed by atoms with E-state index in [9.17, 15) is 28.0 Å². The van der Waals surface area contributed by atoms with Gasteiger partial charge in [-0.15, -0.1) is 23.5 Å². The zero-order valence-electron chi connectivity index (χ0n) is 40.5. The molecule has 0 aliphatic carbocycles. The van der Waals surface area contributed by atoms with E-state index in [1.807, 2.05) is 98.0 Å². The van der Waals surface area contributed by atoms with Gasteiger partial charge in [-0.1, -0.05) is 91.9 Å². The maximum atomic E-state index is 13.5. The quantitative estimate of drug-likeness (QED) is 0.0630. The lowest BCUT2D eigenvalue weighted by Gasteiger charge is -2.27. The van der Waals surface area contributed by atoms with Crippen molar-refractivity contribution in [3.8, 4) is 0 Å². The average molecular weight is 1030 g/mol. The van der Waals surface area contributed by atoms with Crippen LogP contribution in [-0.4, -0.2) is 50.8 Å². The van der Waals surface area contributed by atoms with E-state index in [0.717, 1.165) is 45.2 Å². The predicted molar refractivity (Wildman–Crippen MR) is 291 cm³/mol. The highest BCUT2D eigenvalue weighted by Crippen LogP contribution is 2.26. The van der Waals surface area contributed by atoms with Gasteiger partial charge in [0, 0.05) is 88.7 Å². The van der Waals surface area contributed by atoms with Crippen LogP contribution in [0.3, 0.4) is 0 Å². The maximum Gasteiger partial charge on any atom is 0.254 e. The van der Waals surface area contributed by atoms with Crippen molar-refractivity contribution < 1.29 is 28.0 Å². The van der Waals surface area contributed by atoms with Crippen LogP contribution in [0.25, 0.3) is 0 Å². The molecule has 0 aliphatic heterocycles. The second kappa shape index (κ2) is 29.3. The Balaban J connectivity index is 0.000000205. The second-order valence-corrected chi connectivity index (χ2v) is 19.2. The van der Waals surface area contributed by atoms with Gasteiger partial charge in [0.25, 0.3) is 11.1 Å². The number of anilines is 1. The van der Waals surface area contributed by atoms with Crippen molar-refractivity contribution in [2.24, 2.45) is 5.92 Å². The van der Waals surface area contributed by atoms with Crippen molar-refractivity contribution in [1.29, 1.82) is 0 Å². The number of aromatic nitrogens is 2.